The zero-order valence-electron chi connectivity index (χ0n) is 9.19. The lowest BCUT2D eigenvalue weighted by Crippen LogP contribution is -2.40. The molecule has 1 fully saturated rings. The summed E-state index contributed by atoms with van der Waals surface area (Å²) in [6.07, 6.45) is 3.69. The van der Waals surface area contributed by atoms with E-state index in [0.29, 0.717) is 11.0 Å². The van der Waals surface area contributed by atoms with E-state index in [1.165, 1.54) is 19.3 Å². The van der Waals surface area contributed by atoms with Crippen LogP contribution in [0.4, 0.5) is 5.69 Å². The number of rotatable bonds is 1. The smallest absolute Gasteiger partial charge is 0.196 e. The first-order valence-corrected chi connectivity index (χ1v) is 5.98. The van der Waals surface area contributed by atoms with Crippen molar-refractivity contribution >= 4 is 23.2 Å². The molecule has 3 nitrogen and oxygen atoms in total. The van der Waals surface area contributed by atoms with Crippen molar-refractivity contribution in [2.75, 3.05) is 13.1 Å². The molecule has 0 spiro atoms. The van der Waals surface area contributed by atoms with Crippen molar-refractivity contribution in [2.24, 2.45) is 10.7 Å². The number of guanidine groups is 1. The molecule has 1 heterocycles. The first kappa shape index (κ1) is 11.3. The summed E-state index contributed by atoms with van der Waals surface area (Å²) in [6.45, 7) is 2.02. The maximum Gasteiger partial charge on any atom is 0.196 e. The summed E-state index contributed by atoms with van der Waals surface area (Å²) in [5, 5.41) is 0.688. The molecule has 1 saturated heterocycles. The third kappa shape index (κ3) is 2.89. The Hall–Kier alpha value is -1.22. The van der Waals surface area contributed by atoms with Crippen LogP contribution in [0, 0.1) is 0 Å². The minimum absolute atomic E-state index is 0.599. The zero-order chi connectivity index (χ0) is 11.4. The molecule has 0 radical (unpaired) electrons. The van der Waals surface area contributed by atoms with Crippen molar-refractivity contribution in [1.29, 1.82) is 0 Å². The van der Waals surface area contributed by atoms with Gasteiger partial charge in [0.05, 0.1) is 5.69 Å². The van der Waals surface area contributed by atoms with E-state index in [9.17, 15) is 0 Å². The van der Waals surface area contributed by atoms with Gasteiger partial charge in [-0.1, -0.05) is 17.7 Å². The van der Waals surface area contributed by atoms with E-state index in [0.717, 1.165) is 18.8 Å². The fourth-order valence-corrected chi connectivity index (χ4v) is 2.06. The van der Waals surface area contributed by atoms with Crippen molar-refractivity contribution in [3.05, 3.63) is 29.3 Å². The van der Waals surface area contributed by atoms with Crippen LogP contribution >= 0.6 is 11.6 Å². The van der Waals surface area contributed by atoms with E-state index in [-0.39, 0.29) is 0 Å². The Labute approximate surface area is 101 Å². The lowest BCUT2D eigenvalue weighted by Gasteiger charge is -2.27. The Morgan fingerprint density at radius 3 is 2.69 bits per heavy atom. The summed E-state index contributed by atoms with van der Waals surface area (Å²) in [6, 6.07) is 7.43. The average molecular weight is 238 g/mol. The highest BCUT2D eigenvalue weighted by Crippen LogP contribution is 2.18. The maximum absolute atomic E-state index is 5.96. The molecule has 1 aliphatic heterocycles. The molecule has 4 heteroatoms. The van der Waals surface area contributed by atoms with Gasteiger partial charge in [-0.3, -0.25) is 0 Å². The predicted octanol–water partition coefficient (Wildman–Crippen LogP) is 2.77. The zero-order valence-corrected chi connectivity index (χ0v) is 9.95. The van der Waals surface area contributed by atoms with Gasteiger partial charge in [-0.25, -0.2) is 4.99 Å². The molecule has 1 aromatic carbocycles. The molecule has 0 bridgehead atoms. The van der Waals surface area contributed by atoms with E-state index in [2.05, 4.69) is 9.89 Å². The fraction of sp³-hybridized carbons (Fsp3) is 0.417. The molecule has 0 saturated carbocycles. The average Bonchev–Trinajstić information content (AvgIpc) is 2.30. The van der Waals surface area contributed by atoms with E-state index < -0.39 is 0 Å². The Bertz CT molecular complexity index is 384. The Morgan fingerprint density at radius 1 is 1.25 bits per heavy atom. The number of likely N-dealkylation sites (tertiary alicyclic amines) is 1. The molecular weight excluding hydrogens is 222 g/mol. The Kier molecular flexibility index (Phi) is 3.67. The molecule has 1 aliphatic rings. The summed E-state index contributed by atoms with van der Waals surface area (Å²) in [5.74, 6) is 0.599. The highest BCUT2D eigenvalue weighted by atomic mass is 35.5. The predicted molar refractivity (Wildman–Crippen MR) is 68.2 cm³/mol. The van der Waals surface area contributed by atoms with Gasteiger partial charge in [0.25, 0.3) is 0 Å². The summed E-state index contributed by atoms with van der Waals surface area (Å²) in [7, 11) is 0. The lowest BCUT2D eigenvalue weighted by molar-refractivity contribution is 0.339. The molecule has 1 aromatic rings. The van der Waals surface area contributed by atoms with Gasteiger partial charge in [0.1, 0.15) is 0 Å². The van der Waals surface area contributed by atoms with Crippen LogP contribution in [-0.4, -0.2) is 23.9 Å². The van der Waals surface area contributed by atoms with Crippen LogP contribution in [0.3, 0.4) is 0 Å². The second kappa shape index (κ2) is 5.21. The number of piperidine rings is 1. The van der Waals surface area contributed by atoms with E-state index in [1.54, 1.807) is 0 Å². The first-order chi connectivity index (χ1) is 7.75. The van der Waals surface area contributed by atoms with Crippen LogP contribution in [0.15, 0.2) is 29.3 Å². The van der Waals surface area contributed by atoms with Gasteiger partial charge in [0.15, 0.2) is 5.96 Å². The molecule has 2 N–H and O–H groups in total. The van der Waals surface area contributed by atoms with Crippen molar-refractivity contribution < 1.29 is 0 Å². The summed E-state index contributed by atoms with van der Waals surface area (Å²) < 4.78 is 0. The van der Waals surface area contributed by atoms with Crippen molar-refractivity contribution in [3.63, 3.8) is 0 Å². The maximum atomic E-state index is 5.96. The SMILES string of the molecule is NC(=Nc1cccc(Cl)c1)N1CCCCC1. The normalized spacial score (nSPS) is 17.6. The van der Waals surface area contributed by atoms with Crippen LogP contribution in [0.2, 0.25) is 5.02 Å². The molecule has 0 unspecified atom stereocenters. The van der Waals surface area contributed by atoms with Gasteiger partial charge in [0, 0.05) is 18.1 Å². The van der Waals surface area contributed by atoms with Crippen LogP contribution in [0.1, 0.15) is 19.3 Å². The molecule has 86 valence electrons. The lowest BCUT2D eigenvalue weighted by atomic mass is 10.1. The van der Waals surface area contributed by atoms with Gasteiger partial charge in [0.2, 0.25) is 0 Å². The topological polar surface area (TPSA) is 41.6 Å². The summed E-state index contributed by atoms with van der Waals surface area (Å²) >= 11 is 5.89. The van der Waals surface area contributed by atoms with Crippen LogP contribution in [0.5, 0.6) is 0 Å². The highest BCUT2D eigenvalue weighted by molar-refractivity contribution is 6.30. The Morgan fingerprint density at radius 2 is 2.00 bits per heavy atom. The van der Waals surface area contributed by atoms with Crippen molar-refractivity contribution in [3.8, 4) is 0 Å². The minimum Gasteiger partial charge on any atom is -0.369 e. The third-order valence-electron chi connectivity index (χ3n) is 2.73. The van der Waals surface area contributed by atoms with Crippen molar-refractivity contribution in [1.82, 2.24) is 4.90 Å². The molecular formula is C12H16ClN3. The Balaban J connectivity index is 2.10. The number of benzene rings is 1. The summed E-state index contributed by atoms with van der Waals surface area (Å²) in [4.78, 5) is 6.51. The number of aliphatic imine (C=N–C) groups is 1. The second-order valence-corrected chi connectivity index (χ2v) is 4.43. The van der Waals surface area contributed by atoms with E-state index >= 15 is 0 Å². The quantitative estimate of drug-likeness (QED) is 0.603. The third-order valence-corrected chi connectivity index (χ3v) is 2.97. The second-order valence-electron chi connectivity index (χ2n) is 4.00. The van der Waals surface area contributed by atoms with Crippen LogP contribution < -0.4 is 5.73 Å². The van der Waals surface area contributed by atoms with Crippen LogP contribution in [-0.2, 0) is 0 Å². The molecule has 0 amide bonds. The van der Waals surface area contributed by atoms with Gasteiger partial charge in [-0.2, -0.15) is 0 Å². The monoisotopic (exact) mass is 237 g/mol. The number of nitrogens with two attached hydrogens (primary N) is 1. The molecule has 0 aromatic heterocycles. The van der Waals surface area contributed by atoms with Crippen LogP contribution in [0.25, 0.3) is 0 Å². The fourth-order valence-electron chi connectivity index (χ4n) is 1.87. The van der Waals surface area contributed by atoms with Gasteiger partial charge < -0.3 is 10.6 Å². The van der Waals surface area contributed by atoms with E-state index in [1.807, 2.05) is 24.3 Å². The largest absolute Gasteiger partial charge is 0.369 e. The molecule has 16 heavy (non-hydrogen) atoms. The number of hydrogen-bond donors (Lipinski definition) is 1. The molecule has 2 rings (SSSR count). The standard InChI is InChI=1S/C12H16ClN3/c13-10-5-4-6-11(9-10)15-12(14)16-7-2-1-3-8-16/h4-6,9H,1-3,7-8H2,(H2,14,15). The number of nitrogens with zero attached hydrogens (tertiary/aromatic N) is 2. The van der Waals surface area contributed by atoms with Gasteiger partial charge in [-0.05, 0) is 37.5 Å². The van der Waals surface area contributed by atoms with Gasteiger partial charge in [-0.15, -0.1) is 0 Å². The molecule has 0 atom stereocenters. The number of hydrogen-bond acceptors (Lipinski definition) is 1. The minimum atomic E-state index is 0.599. The first-order valence-electron chi connectivity index (χ1n) is 5.60. The highest BCUT2D eigenvalue weighted by Gasteiger charge is 2.11. The van der Waals surface area contributed by atoms with E-state index in [4.69, 9.17) is 17.3 Å². The molecule has 0 aliphatic carbocycles. The summed E-state index contributed by atoms with van der Waals surface area (Å²) in [5.41, 5.74) is 6.78. The van der Waals surface area contributed by atoms with Crippen molar-refractivity contribution in [2.45, 2.75) is 19.3 Å². The number of halogens is 1. The van der Waals surface area contributed by atoms with Gasteiger partial charge >= 0.3 is 0 Å².